The summed E-state index contributed by atoms with van der Waals surface area (Å²) in [5, 5.41) is 2.61. The predicted octanol–water partition coefficient (Wildman–Crippen LogP) is 3.94. The normalized spacial score (nSPS) is 15.9. The van der Waals surface area contributed by atoms with Crippen LogP contribution in [0.3, 0.4) is 0 Å². The lowest BCUT2D eigenvalue weighted by Gasteiger charge is -2.30. The van der Waals surface area contributed by atoms with E-state index in [0.29, 0.717) is 31.1 Å². The average Bonchev–Trinajstić information content (AvgIpc) is 3.27. The van der Waals surface area contributed by atoms with Crippen molar-refractivity contribution in [1.29, 1.82) is 0 Å². The van der Waals surface area contributed by atoms with Gasteiger partial charge in [0.1, 0.15) is 16.5 Å². The summed E-state index contributed by atoms with van der Waals surface area (Å²) in [4.78, 5) is 30.6. The molecule has 1 unspecified atom stereocenters. The second kappa shape index (κ2) is 10.4. The van der Waals surface area contributed by atoms with Gasteiger partial charge in [0.25, 0.3) is 5.91 Å². The number of hydrogen-bond acceptors (Lipinski definition) is 7. The lowest BCUT2D eigenvalue weighted by molar-refractivity contribution is -0.154. The number of ether oxygens (including phenoxy) is 3. The van der Waals surface area contributed by atoms with E-state index in [2.05, 4.69) is 4.98 Å². The van der Waals surface area contributed by atoms with Gasteiger partial charge in [-0.05, 0) is 31.2 Å². The molecule has 0 bridgehead atoms. The quantitative estimate of drug-likeness (QED) is 0.506. The molecular weight excluding hydrogens is 428 g/mol. The van der Waals surface area contributed by atoms with Crippen molar-refractivity contribution < 1.29 is 23.8 Å². The van der Waals surface area contributed by atoms with Crippen molar-refractivity contribution >= 4 is 23.2 Å². The van der Waals surface area contributed by atoms with Crippen molar-refractivity contribution in [2.45, 2.75) is 19.4 Å². The Morgan fingerprint density at radius 3 is 2.78 bits per heavy atom. The third kappa shape index (κ3) is 5.93. The molecule has 3 aromatic rings. The minimum atomic E-state index is -0.474. The highest BCUT2D eigenvalue weighted by atomic mass is 32.1. The summed E-state index contributed by atoms with van der Waals surface area (Å²) in [6.07, 6.45) is 0.0113. The molecule has 2 heterocycles. The zero-order chi connectivity index (χ0) is 22.3. The third-order valence-corrected chi connectivity index (χ3v) is 5.83. The SMILES string of the molecule is CC1CN(C(=O)COC(=O)Cc2csc(-c3cccc(Oc4ccccc4)c3)n2)CCO1. The summed E-state index contributed by atoms with van der Waals surface area (Å²) in [6.45, 7) is 3.18. The maximum absolute atomic E-state index is 12.2. The number of carbonyl (C=O) groups excluding carboxylic acids is 2. The number of benzene rings is 2. The molecule has 32 heavy (non-hydrogen) atoms. The molecular formula is C24H24N2O5S. The van der Waals surface area contributed by atoms with Crippen molar-refractivity contribution in [2.24, 2.45) is 0 Å². The van der Waals surface area contributed by atoms with E-state index in [1.807, 2.05) is 66.9 Å². The maximum atomic E-state index is 12.2. The highest BCUT2D eigenvalue weighted by Gasteiger charge is 2.22. The number of esters is 1. The Hall–Kier alpha value is -3.23. The van der Waals surface area contributed by atoms with Gasteiger partial charge >= 0.3 is 5.97 Å². The van der Waals surface area contributed by atoms with Gasteiger partial charge in [-0.25, -0.2) is 4.98 Å². The number of hydrogen-bond donors (Lipinski definition) is 0. The zero-order valence-corrected chi connectivity index (χ0v) is 18.5. The first-order valence-corrected chi connectivity index (χ1v) is 11.3. The number of aromatic nitrogens is 1. The van der Waals surface area contributed by atoms with Crippen molar-refractivity contribution in [1.82, 2.24) is 9.88 Å². The number of thiazole rings is 1. The molecule has 1 aromatic heterocycles. The third-order valence-electron chi connectivity index (χ3n) is 4.89. The van der Waals surface area contributed by atoms with Crippen LogP contribution in [0.15, 0.2) is 60.0 Å². The lowest BCUT2D eigenvalue weighted by Crippen LogP contribution is -2.46. The van der Waals surface area contributed by atoms with Crippen LogP contribution in [0.25, 0.3) is 10.6 Å². The first-order chi connectivity index (χ1) is 15.6. The van der Waals surface area contributed by atoms with Gasteiger partial charge < -0.3 is 19.1 Å². The summed E-state index contributed by atoms with van der Waals surface area (Å²) < 4.78 is 16.5. The summed E-state index contributed by atoms with van der Waals surface area (Å²) in [7, 11) is 0. The monoisotopic (exact) mass is 452 g/mol. The molecule has 1 amide bonds. The largest absolute Gasteiger partial charge is 0.457 e. The Morgan fingerprint density at radius 2 is 1.97 bits per heavy atom. The molecule has 0 radical (unpaired) electrons. The van der Waals surface area contributed by atoms with Gasteiger partial charge in [0, 0.05) is 24.0 Å². The predicted molar refractivity (Wildman–Crippen MR) is 121 cm³/mol. The highest BCUT2D eigenvalue weighted by molar-refractivity contribution is 7.13. The van der Waals surface area contributed by atoms with Crippen LogP contribution in [0.5, 0.6) is 11.5 Å². The van der Waals surface area contributed by atoms with Crippen LogP contribution in [0.4, 0.5) is 0 Å². The Balaban J connectivity index is 1.31. The summed E-state index contributed by atoms with van der Waals surface area (Å²) >= 11 is 1.44. The van der Waals surface area contributed by atoms with Crippen LogP contribution in [0.1, 0.15) is 12.6 Å². The number of rotatable bonds is 7. The van der Waals surface area contributed by atoms with Gasteiger partial charge in [-0.2, -0.15) is 0 Å². The Kier molecular flexibility index (Phi) is 7.14. The summed E-state index contributed by atoms with van der Waals surface area (Å²) in [5.41, 5.74) is 1.51. The average molecular weight is 453 g/mol. The van der Waals surface area contributed by atoms with E-state index in [1.165, 1.54) is 11.3 Å². The van der Waals surface area contributed by atoms with Gasteiger partial charge in [0.15, 0.2) is 6.61 Å². The second-order valence-electron chi connectivity index (χ2n) is 7.45. The Labute approximate surface area is 190 Å². The van der Waals surface area contributed by atoms with Crippen LogP contribution >= 0.6 is 11.3 Å². The van der Waals surface area contributed by atoms with Gasteiger partial charge in [-0.3, -0.25) is 9.59 Å². The van der Waals surface area contributed by atoms with Crippen LogP contribution in [-0.4, -0.2) is 54.2 Å². The summed E-state index contributed by atoms with van der Waals surface area (Å²) in [6, 6.07) is 17.2. The van der Waals surface area contributed by atoms with Crippen LogP contribution in [0.2, 0.25) is 0 Å². The molecule has 0 aliphatic carbocycles. The molecule has 166 valence electrons. The minimum Gasteiger partial charge on any atom is -0.457 e. The molecule has 0 spiro atoms. The van der Waals surface area contributed by atoms with Crippen LogP contribution < -0.4 is 4.74 Å². The maximum Gasteiger partial charge on any atom is 0.312 e. The molecule has 1 aliphatic heterocycles. The number of morpholine rings is 1. The van der Waals surface area contributed by atoms with Crippen molar-refractivity contribution in [2.75, 3.05) is 26.3 Å². The molecule has 4 rings (SSSR count). The minimum absolute atomic E-state index is 0.00609. The lowest BCUT2D eigenvalue weighted by atomic mass is 10.2. The van der Waals surface area contributed by atoms with Gasteiger partial charge in [-0.1, -0.05) is 30.3 Å². The fraction of sp³-hybridized carbons (Fsp3) is 0.292. The number of carbonyl (C=O) groups is 2. The van der Waals surface area contributed by atoms with E-state index >= 15 is 0 Å². The summed E-state index contributed by atoms with van der Waals surface area (Å²) in [5.74, 6) is 0.787. The molecule has 2 aromatic carbocycles. The van der Waals surface area contributed by atoms with E-state index < -0.39 is 5.97 Å². The Morgan fingerprint density at radius 1 is 1.16 bits per heavy atom. The topological polar surface area (TPSA) is 78.0 Å². The zero-order valence-electron chi connectivity index (χ0n) is 17.7. The van der Waals surface area contributed by atoms with Crippen LogP contribution in [0, 0.1) is 0 Å². The van der Waals surface area contributed by atoms with Gasteiger partial charge in [-0.15, -0.1) is 11.3 Å². The molecule has 1 fully saturated rings. The van der Waals surface area contributed by atoms with E-state index in [1.54, 1.807) is 4.90 Å². The molecule has 1 saturated heterocycles. The van der Waals surface area contributed by atoms with Gasteiger partial charge in [0.2, 0.25) is 0 Å². The number of amides is 1. The van der Waals surface area contributed by atoms with Crippen molar-refractivity contribution in [3.8, 4) is 22.1 Å². The molecule has 1 aliphatic rings. The van der Waals surface area contributed by atoms with E-state index in [9.17, 15) is 9.59 Å². The highest BCUT2D eigenvalue weighted by Crippen LogP contribution is 2.29. The molecule has 1 atom stereocenters. The fourth-order valence-corrected chi connectivity index (χ4v) is 4.13. The molecule has 0 saturated carbocycles. The van der Waals surface area contributed by atoms with E-state index in [0.717, 1.165) is 16.3 Å². The smallest absolute Gasteiger partial charge is 0.312 e. The number of nitrogens with zero attached hydrogens (tertiary/aromatic N) is 2. The number of para-hydroxylation sites is 1. The molecule has 8 heteroatoms. The Bertz CT molecular complexity index is 1070. The van der Waals surface area contributed by atoms with Crippen molar-refractivity contribution in [3.63, 3.8) is 0 Å². The standard InChI is InChI=1S/C24H24N2O5S/c1-17-14-26(10-11-29-17)22(27)15-30-23(28)13-19-16-32-24(25-19)18-6-5-9-21(12-18)31-20-7-3-2-4-8-20/h2-9,12,16-17H,10-11,13-15H2,1H3. The van der Waals surface area contributed by atoms with Gasteiger partial charge in [0.05, 0.1) is 24.8 Å². The van der Waals surface area contributed by atoms with Crippen molar-refractivity contribution in [3.05, 3.63) is 65.7 Å². The fourth-order valence-electron chi connectivity index (χ4n) is 3.32. The molecule has 0 N–H and O–H groups in total. The second-order valence-corrected chi connectivity index (χ2v) is 8.30. The van der Waals surface area contributed by atoms with E-state index in [4.69, 9.17) is 14.2 Å². The molecule has 7 nitrogen and oxygen atoms in total. The van der Waals surface area contributed by atoms with Crippen LogP contribution in [-0.2, 0) is 25.5 Å². The first kappa shape index (κ1) is 22.0. The first-order valence-electron chi connectivity index (χ1n) is 10.4. The van der Waals surface area contributed by atoms with E-state index in [-0.39, 0.29) is 25.0 Å².